The van der Waals surface area contributed by atoms with E-state index in [9.17, 15) is 9.59 Å². The van der Waals surface area contributed by atoms with Crippen LogP contribution in [0.25, 0.3) is 0 Å². The van der Waals surface area contributed by atoms with Crippen molar-refractivity contribution in [2.24, 2.45) is 11.8 Å². The van der Waals surface area contributed by atoms with Gasteiger partial charge in [0.15, 0.2) is 0 Å². The number of ether oxygens (including phenoxy) is 1. The molecular weight excluding hydrogens is 234 g/mol. The first kappa shape index (κ1) is 16.9. The van der Waals surface area contributed by atoms with E-state index in [1.54, 1.807) is 6.92 Å². The van der Waals surface area contributed by atoms with Gasteiger partial charge in [0.1, 0.15) is 0 Å². The molecule has 18 heavy (non-hydrogen) atoms. The van der Waals surface area contributed by atoms with E-state index >= 15 is 0 Å². The fourth-order valence-electron chi connectivity index (χ4n) is 1.60. The van der Waals surface area contributed by atoms with Crippen LogP contribution >= 0.6 is 0 Å². The third kappa shape index (κ3) is 8.06. The Hall–Kier alpha value is -1.10. The first-order chi connectivity index (χ1) is 8.36. The van der Waals surface area contributed by atoms with Crippen molar-refractivity contribution in [2.45, 2.75) is 46.6 Å². The normalized spacial score (nSPS) is 14.3. The number of hydrogen-bond acceptors (Lipinski definition) is 3. The lowest BCUT2D eigenvalue weighted by molar-refractivity contribution is -0.138. The minimum absolute atomic E-state index is 0.0190. The summed E-state index contributed by atoms with van der Waals surface area (Å²) < 4.78 is 5.32. The number of hydrogen-bond donors (Lipinski definition) is 2. The molecule has 0 saturated carbocycles. The summed E-state index contributed by atoms with van der Waals surface area (Å²) in [6, 6.07) is -0.0190. The molecule has 0 rings (SSSR count). The van der Waals surface area contributed by atoms with Crippen molar-refractivity contribution in [3.8, 4) is 0 Å². The Labute approximate surface area is 109 Å². The van der Waals surface area contributed by atoms with Crippen LogP contribution in [0.2, 0.25) is 0 Å². The molecule has 0 bridgehead atoms. The first-order valence-corrected chi connectivity index (χ1v) is 6.45. The van der Waals surface area contributed by atoms with Crippen LogP contribution in [0.5, 0.6) is 0 Å². The third-order valence-corrected chi connectivity index (χ3v) is 2.71. The number of carbonyl (C=O) groups excluding carboxylic acids is 1. The van der Waals surface area contributed by atoms with E-state index < -0.39 is 5.97 Å². The second kappa shape index (κ2) is 8.91. The van der Waals surface area contributed by atoms with Crippen molar-refractivity contribution in [3.63, 3.8) is 0 Å². The van der Waals surface area contributed by atoms with Crippen molar-refractivity contribution >= 4 is 11.9 Å². The number of carboxylic acid groups (broad SMARTS) is 1. The van der Waals surface area contributed by atoms with Gasteiger partial charge in [0.25, 0.3) is 0 Å². The maximum Gasteiger partial charge on any atom is 0.303 e. The van der Waals surface area contributed by atoms with E-state index in [1.807, 2.05) is 20.8 Å². The summed E-state index contributed by atoms with van der Waals surface area (Å²) in [5.74, 6) is -0.843. The van der Waals surface area contributed by atoms with E-state index in [-0.39, 0.29) is 36.6 Å². The summed E-state index contributed by atoms with van der Waals surface area (Å²) in [5, 5.41) is 11.5. The van der Waals surface area contributed by atoms with Crippen LogP contribution in [0.1, 0.15) is 40.5 Å². The van der Waals surface area contributed by atoms with Crippen LogP contribution in [0.15, 0.2) is 0 Å². The topological polar surface area (TPSA) is 75.6 Å². The molecule has 1 amide bonds. The Kier molecular flexibility index (Phi) is 8.37. The van der Waals surface area contributed by atoms with Gasteiger partial charge >= 0.3 is 5.97 Å². The second-order valence-electron chi connectivity index (χ2n) is 4.98. The number of nitrogens with one attached hydrogen (secondary N) is 1. The minimum atomic E-state index is -0.870. The maximum absolute atomic E-state index is 11.8. The van der Waals surface area contributed by atoms with Gasteiger partial charge < -0.3 is 15.2 Å². The summed E-state index contributed by atoms with van der Waals surface area (Å²) in [4.78, 5) is 22.3. The zero-order chi connectivity index (χ0) is 14.1. The van der Waals surface area contributed by atoms with Crippen LogP contribution in [-0.4, -0.2) is 36.2 Å². The molecular formula is C13H25NO4. The highest BCUT2D eigenvalue weighted by Gasteiger charge is 2.18. The smallest absolute Gasteiger partial charge is 0.303 e. The lowest BCUT2D eigenvalue weighted by Crippen LogP contribution is -2.42. The largest absolute Gasteiger partial charge is 0.481 e. The van der Waals surface area contributed by atoms with Crippen molar-refractivity contribution in [2.75, 3.05) is 13.2 Å². The van der Waals surface area contributed by atoms with Crippen LogP contribution in [0.3, 0.4) is 0 Å². The van der Waals surface area contributed by atoms with E-state index in [0.29, 0.717) is 13.2 Å². The van der Waals surface area contributed by atoms with Crippen molar-refractivity contribution in [3.05, 3.63) is 0 Å². The highest BCUT2D eigenvalue weighted by Crippen LogP contribution is 2.09. The summed E-state index contributed by atoms with van der Waals surface area (Å²) in [6.45, 7) is 8.83. The predicted octanol–water partition coefficient (Wildman–Crippen LogP) is 1.66. The van der Waals surface area contributed by atoms with Crippen molar-refractivity contribution < 1.29 is 19.4 Å². The standard InChI is InChI=1S/C13H25NO4/c1-5-18-8-11(9(2)3)14-12(15)6-10(4)7-13(16)17/h9-11H,5-8H2,1-4H3,(H,14,15)(H,16,17). The Balaban J connectivity index is 4.12. The van der Waals surface area contributed by atoms with Crippen molar-refractivity contribution in [1.29, 1.82) is 0 Å². The summed E-state index contributed by atoms with van der Waals surface area (Å²) in [7, 11) is 0. The fraction of sp³-hybridized carbons (Fsp3) is 0.846. The number of rotatable bonds is 9. The van der Waals surface area contributed by atoms with E-state index in [2.05, 4.69) is 5.32 Å². The molecule has 0 radical (unpaired) electrons. The summed E-state index contributed by atoms with van der Waals surface area (Å²) in [5.41, 5.74) is 0. The van der Waals surface area contributed by atoms with Crippen LogP contribution in [0, 0.1) is 11.8 Å². The molecule has 0 aromatic carbocycles. The molecule has 0 aliphatic heterocycles. The van der Waals surface area contributed by atoms with Gasteiger partial charge in [0.05, 0.1) is 12.6 Å². The van der Waals surface area contributed by atoms with Gasteiger partial charge in [0.2, 0.25) is 5.91 Å². The molecule has 2 atom stereocenters. The average molecular weight is 259 g/mol. The molecule has 5 nitrogen and oxygen atoms in total. The number of aliphatic carboxylic acids is 1. The Bertz CT molecular complexity index is 266. The molecule has 5 heteroatoms. The monoisotopic (exact) mass is 259 g/mol. The lowest BCUT2D eigenvalue weighted by atomic mass is 10.0. The minimum Gasteiger partial charge on any atom is -0.481 e. The SMILES string of the molecule is CCOCC(NC(=O)CC(C)CC(=O)O)C(C)C. The number of carbonyl (C=O) groups is 2. The van der Waals surface area contributed by atoms with Gasteiger partial charge in [-0.05, 0) is 18.8 Å². The van der Waals surface area contributed by atoms with Crippen LogP contribution < -0.4 is 5.32 Å². The molecule has 0 aliphatic carbocycles. The first-order valence-electron chi connectivity index (χ1n) is 6.45. The van der Waals surface area contributed by atoms with Gasteiger partial charge in [-0.3, -0.25) is 9.59 Å². The van der Waals surface area contributed by atoms with Gasteiger partial charge in [-0.2, -0.15) is 0 Å². The fourth-order valence-corrected chi connectivity index (χ4v) is 1.60. The van der Waals surface area contributed by atoms with E-state index in [1.165, 1.54) is 0 Å². The molecule has 0 saturated heterocycles. The number of carboxylic acids is 1. The Morgan fingerprint density at radius 3 is 2.28 bits per heavy atom. The average Bonchev–Trinajstić information content (AvgIpc) is 2.22. The quantitative estimate of drug-likeness (QED) is 0.660. The molecule has 0 aliphatic rings. The summed E-state index contributed by atoms with van der Waals surface area (Å²) >= 11 is 0. The highest BCUT2D eigenvalue weighted by atomic mass is 16.5. The zero-order valence-electron chi connectivity index (χ0n) is 11.7. The van der Waals surface area contributed by atoms with Crippen LogP contribution in [0.4, 0.5) is 0 Å². The molecule has 106 valence electrons. The molecule has 0 fully saturated rings. The van der Waals surface area contributed by atoms with Crippen molar-refractivity contribution in [1.82, 2.24) is 5.32 Å². The van der Waals surface area contributed by atoms with Crippen LogP contribution in [-0.2, 0) is 14.3 Å². The van der Waals surface area contributed by atoms with E-state index in [4.69, 9.17) is 9.84 Å². The molecule has 2 N–H and O–H groups in total. The molecule has 0 aromatic heterocycles. The predicted molar refractivity (Wildman–Crippen MR) is 69.3 cm³/mol. The van der Waals surface area contributed by atoms with Gasteiger partial charge in [0, 0.05) is 19.4 Å². The zero-order valence-corrected chi connectivity index (χ0v) is 11.7. The maximum atomic E-state index is 11.8. The highest BCUT2D eigenvalue weighted by molar-refractivity contribution is 5.77. The van der Waals surface area contributed by atoms with Gasteiger partial charge in [-0.1, -0.05) is 20.8 Å². The van der Waals surface area contributed by atoms with E-state index in [0.717, 1.165) is 0 Å². The Morgan fingerprint density at radius 2 is 1.83 bits per heavy atom. The molecule has 0 spiro atoms. The number of amides is 1. The molecule has 0 heterocycles. The van der Waals surface area contributed by atoms with Gasteiger partial charge in [-0.25, -0.2) is 0 Å². The Morgan fingerprint density at radius 1 is 1.22 bits per heavy atom. The third-order valence-electron chi connectivity index (χ3n) is 2.71. The lowest BCUT2D eigenvalue weighted by Gasteiger charge is -2.22. The van der Waals surface area contributed by atoms with Gasteiger partial charge in [-0.15, -0.1) is 0 Å². The summed E-state index contributed by atoms with van der Waals surface area (Å²) in [6.07, 6.45) is 0.257. The molecule has 2 unspecified atom stereocenters. The molecule has 0 aromatic rings. The second-order valence-corrected chi connectivity index (χ2v) is 4.98.